The van der Waals surface area contributed by atoms with E-state index in [-0.39, 0.29) is 24.0 Å². The van der Waals surface area contributed by atoms with Gasteiger partial charge in [0.1, 0.15) is 11.5 Å². The zero-order valence-electron chi connectivity index (χ0n) is 18.4. The minimum Gasteiger partial charge on any atom is -0.507 e. The molecule has 172 valence electrons. The number of hydrogen-bond acceptors (Lipinski definition) is 7. The predicted octanol–water partition coefficient (Wildman–Crippen LogP) is 3.08. The van der Waals surface area contributed by atoms with Crippen molar-refractivity contribution in [2.75, 3.05) is 27.4 Å². The van der Waals surface area contributed by atoms with E-state index in [9.17, 15) is 19.5 Å². The number of carbonyl (C=O) groups is 3. The Labute approximate surface area is 191 Å². The van der Waals surface area contributed by atoms with E-state index in [2.05, 4.69) is 0 Å². The highest BCUT2D eigenvalue weighted by Crippen LogP contribution is 2.40. The molecule has 0 saturated carbocycles. The quantitative estimate of drug-likeness (QED) is 0.312. The van der Waals surface area contributed by atoms with Crippen LogP contribution in [-0.4, -0.2) is 61.1 Å². The number of hydrogen-bond donors (Lipinski definition) is 1. The molecule has 0 aromatic heterocycles. The summed E-state index contributed by atoms with van der Waals surface area (Å²) in [5.41, 5.74) is 1.32. The van der Waals surface area contributed by atoms with Gasteiger partial charge in [-0.3, -0.25) is 9.59 Å². The molecule has 2 saturated heterocycles. The fraction of sp³-hybridized carbons (Fsp3) is 0.320. The number of carbonyl (C=O) groups excluding carboxylic acids is 3. The van der Waals surface area contributed by atoms with Crippen LogP contribution in [0.15, 0.2) is 54.1 Å². The van der Waals surface area contributed by atoms with Crippen LogP contribution in [0.1, 0.15) is 40.4 Å². The second-order valence-electron chi connectivity index (χ2n) is 7.93. The molecule has 4 rings (SSSR count). The van der Waals surface area contributed by atoms with E-state index >= 15 is 0 Å². The first-order valence-electron chi connectivity index (χ1n) is 10.7. The molecule has 0 aliphatic carbocycles. The lowest BCUT2D eigenvalue weighted by atomic mass is 9.94. The lowest BCUT2D eigenvalue weighted by molar-refractivity contribution is -0.140. The minimum atomic E-state index is -0.817. The number of esters is 1. The van der Waals surface area contributed by atoms with Crippen LogP contribution in [0.5, 0.6) is 5.75 Å². The molecular weight excluding hydrogens is 426 g/mol. The molecule has 1 amide bonds. The molecule has 0 unspecified atom stereocenters. The molecular formula is C25H25NO7. The molecule has 8 nitrogen and oxygen atoms in total. The first-order chi connectivity index (χ1) is 15.9. The Morgan fingerprint density at radius 2 is 1.73 bits per heavy atom. The van der Waals surface area contributed by atoms with Crippen molar-refractivity contribution in [3.63, 3.8) is 0 Å². The van der Waals surface area contributed by atoms with Crippen LogP contribution < -0.4 is 4.74 Å². The first kappa shape index (κ1) is 22.5. The third kappa shape index (κ3) is 4.34. The van der Waals surface area contributed by atoms with Crippen molar-refractivity contribution in [3.05, 3.63) is 70.8 Å². The fourth-order valence-electron chi connectivity index (χ4n) is 4.25. The average Bonchev–Trinajstić information content (AvgIpc) is 3.45. The number of ether oxygens (including phenoxy) is 3. The SMILES string of the molecule is COC(=O)c1ccc([C@H]2/C(=C(\O)c3ccc(OC)cc3)C(=O)C(=O)N2C[C@H]2CCCO2)cc1. The summed E-state index contributed by atoms with van der Waals surface area (Å²) in [7, 11) is 2.82. The van der Waals surface area contributed by atoms with Crippen molar-refractivity contribution in [2.45, 2.75) is 25.0 Å². The van der Waals surface area contributed by atoms with Crippen LogP contribution in [0.2, 0.25) is 0 Å². The number of methoxy groups -OCH3 is 2. The maximum atomic E-state index is 13.1. The first-order valence-corrected chi connectivity index (χ1v) is 10.7. The van der Waals surface area contributed by atoms with Gasteiger partial charge in [0.15, 0.2) is 0 Å². The van der Waals surface area contributed by atoms with Crippen LogP contribution in [0, 0.1) is 0 Å². The number of nitrogens with zero attached hydrogens (tertiary/aromatic N) is 1. The van der Waals surface area contributed by atoms with Gasteiger partial charge in [0.25, 0.3) is 11.7 Å². The number of rotatable bonds is 6. The summed E-state index contributed by atoms with van der Waals surface area (Å²) in [6.07, 6.45) is 1.50. The number of Topliss-reactive ketones (excluding diaryl/α,β-unsaturated/α-hetero) is 1. The molecule has 2 heterocycles. The summed E-state index contributed by atoms with van der Waals surface area (Å²) >= 11 is 0. The lowest BCUT2D eigenvalue weighted by Crippen LogP contribution is -2.36. The molecule has 0 bridgehead atoms. The zero-order chi connectivity index (χ0) is 23.5. The molecule has 2 aliphatic rings. The zero-order valence-corrected chi connectivity index (χ0v) is 18.4. The van der Waals surface area contributed by atoms with Crippen LogP contribution in [0.25, 0.3) is 5.76 Å². The fourth-order valence-corrected chi connectivity index (χ4v) is 4.25. The van der Waals surface area contributed by atoms with Crippen LogP contribution in [-0.2, 0) is 19.1 Å². The van der Waals surface area contributed by atoms with Gasteiger partial charge in [0.05, 0.1) is 37.5 Å². The molecule has 2 aromatic carbocycles. The monoisotopic (exact) mass is 451 g/mol. The van der Waals surface area contributed by atoms with E-state index in [0.717, 1.165) is 12.8 Å². The van der Waals surface area contributed by atoms with Crippen molar-refractivity contribution < 1.29 is 33.7 Å². The van der Waals surface area contributed by atoms with Gasteiger partial charge in [-0.15, -0.1) is 0 Å². The second-order valence-corrected chi connectivity index (χ2v) is 7.93. The third-order valence-corrected chi connectivity index (χ3v) is 5.98. The molecule has 1 N–H and O–H groups in total. The predicted molar refractivity (Wildman–Crippen MR) is 119 cm³/mol. The topological polar surface area (TPSA) is 102 Å². The van der Waals surface area contributed by atoms with Gasteiger partial charge in [0.2, 0.25) is 0 Å². The number of likely N-dealkylation sites (tertiary alicyclic amines) is 1. The number of ketones is 1. The summed E-state index contributed by atoms with van der Waals surface area (Å²) < 4.78 is 15.6. The Bertz CT molecular complexity index is 1080. The Morgan fingerprint density at radius 3 is 2.30 bits per heavy atom. The normalized spacial score (nSPS) is 21.9. The number of benzene rings is 2. The van der Waals surface area contributed by atoms with Gasteiger partial charge in [-0.2, -0.15) is 0 Å². The third-order valence-electron chi connectivity index (χ3n) is 5.98. The van der Waals surface area contributed by atoms with Crippen LogP contribution in [0.3, 0.4) is 0 Å². The molecule has 33 heavy (non-hydrogen) atoms. The summed E-state index contributed by atoms with van der Waals surface area (Å²) in [6.45, 7) is 0.840. The van der Waals surface area contributed by atoms with E-state index < -0.39 is 23.7 Å². The van der Waals surface area contributed by atoms with Crippen LogP contribution in [0.4, 0.5) is 0 Å². The summed E-state index contributed by atoms with van der Waals surface area (Å²) in [6, 6.07) is 12.2. The standard InChI is InChI=1S/C25H25NO7/c1-31-18-11-9-16(10-12-18)22(27)20-21(15-5-7-17(8-6-15)25(30)32-2)26(24(29)23(20)28)14-19-4-3-13-33-19/h5-12,19,21,27H,3-4,13-14H2,1-2H3/b22-20+/t19-,21+/m1/s1. The largest absolute Gasteiger partial charge is 0.507 e. The van der Waals surface area contributed by atoms with E-state index in [4.69, 9.17) is 14.2 Å². The van der Waals surface area contributed by atoms with Crippen molar-refractivity contribution in [1.29, 1.82) is 0 Å². The highest BCUT2D eigenvalue weighted by Gasteiger charge is 2.47. The van der Waals surface area contributed by atoms with Gasteiger partial charge in [0, 0.05) is 18.7 Å². The summed E-state index contributed by atoms with van der Waals surface area (Å²) in [5, 5.41) is 11.1. The van der Waals surface area contributed by atoms with E-state index in [1.807, 2.05) is 0 Å². The number of aliphatic hydroxyl groups excluding tert-OH is 1. The van der Waals surface area contributed by atoms with E-state index in [0.29, 0.717) is 29.0 Å². The summed E-state index contributed by atoms with van der Waals surface area (Å²) in [4.78, 5) is 39.4. The Balaban J connectivity index is 1.79. The number of amides is 1. The maximum absolute atomic E-state index is 13.1. The Hall–Kier alpha value is -3.65. The molecule has 8 heteroatoms. The van der Waals surface area contributed by atoms with Gasteiger partial charge in [-0.1, -0.05) is 12.1 Å². The Kier molecular flexibility index (Phi) is 6.46. The van der Waals surface area contributed by atoms with Gasteiger partial charge in [-0.05, 0) is 54.8 Å². The molecule has 2 atom stereocenters. The van der Waals surface area contributed by atoms with Gasteiger partial charge in [-0.25, -0.2) is 4.79 Å². The average molecular weight is 451 g/mol. The molecule has 0 radical (unpaired) electrons. The summed E-state index contributed by atoms with van der Waals surface area (Å²) in [5.74, 6) is -1.62. The van der Waals surface area contributed by atoms with E-state index in [1.54, 1.807) is 48.5 Å². The maximum Gasteiger partial charge on any atom is 0.337 e. The van der Waals surface area contributed by atoms with Crippen molar-refractivity contribution in [3.8, 4) is 5.75 Å². The minimum absolute atomic E-state index is 0.00557. The van der Waals surface area contributed by atoms with Crippen LogP contribution >= 0.6 is 0 Å². The number of aliphatic hydroxyl groups is 1. The molecule has 0 spiro atoms. The molecule has 2 fully saturated rings. The highest BCUT2D eigenvalue weighted by atomic mass is 16.5. The van der Waals surface area contributed by atoms with Gasteiger partial charge >= 0.3 is 5.97 Å². The molecule has 2 aliphatic heterocycles. The van der Waals surface area contributed by atoms with Crippen molar-refractivity contribution in [2.24, 2.45) is 0 Å². The van der Waals surface area contributed by atoms with E-state index in [1.165, 1.54) is 19.1 Å². The Morgan fingerprint density at radius 1 is 1.06 bits per heavy atom. The second kappa shape index (κ2) is 9.46. The van der Waals surface area contributed by atoms with Crippen molar-refractivity contribution >= 4 is 23.4 Å². The molecule has 2 aromatic rings. The smallest absolute Gasteiger partial charge is 0.337 e. The lowest BCUT2D eigenvalue weighted by Gasteiger charge is -2.27. The van der Waals surface area contributed by atoms with Gasteiger partial charge < -0.3 is 24.2 Å². The highest BCUT2D eigenvalue weighted by molar-refractivity contribution is 6.46. The van der Waals surface area contributed by atoms with Crippen molar-refractivity contribution in [1.82, 2.24) is 4.90 Å².